The van der Waals surface area contributed by atoms with E-state index in [0.29, 0.717) is 17.9 Å². The van der Waals surface area contributed by atoms with Gasteiger partial charge in [-0.2, -0.15) is 0 Å². The van der Waals surface area contributed by atoms with E-state index in [0.717, 1.165) is 31.5 Å². The van der Waals surface area contributed by atoms with E-state index in [-0.39, 0.29) is 11.8 Å². The maximum absolute atomic E-state index is 14.3. The normalized spacial score (nSPS) is 13.8. The zero-order valence-corrected chi connectivity index (χ0v) is 13.8. The number of carbonyl (C=O) groups is 1. The van der Waals surface area contributed by atoms with Crippen LogP contribution in [0.2, 0.25) is 0 Å². The first-order valence-electron chi connectivity index (χ1n) is 8.24. The lowest BCUT2D eigenvalue weighted by Gasteiger charge is -2.20. The maximum atomic E-state index is 14.3. The van der Waals surface area contributed by atoms with Gasteiger partial charge in [0.2, 0.25) is 0 Å². The van der Waals surface area contributed by atoms with Crippen LogP contribution in [0.3, 0.4) is 0 Å². The Morgan fingerprint density at radius 3 is 2.54 bits per heavy atom. The van der Waals surface area contributed by atoms with Crippen molar-refractivity contribution in [1.29, 1.82) is 0 Å². The summed E-state index contributed by atoms with van der Waals surface area (Å²) in [6, 6.07) is 14.4. The lowest BCUT2D eigenvalue weighted by molar-refractivity contribution is 0.220. The Kier molecular flexibility index (Phi) is 4.99. The summed E-state index contributed by atoms with van der Waals surface area (Å²) < 4.78 is 14.3. The first-order valence-corrected chi connectivity index (χ1v) is 8.24. The van der Waals surface area contributed by atoms with Crippen LogP contribution in [-0.2, 0) is 6.54 Å². The maximum Gasteiger partial charge on any atom is 0.321 e. The summed E-state index contributed by atoms with van der Waals surface area (Å²) >= 11 is 0. The van der Waals surface area contributed by atoms with Crippen LogP contribution < -0.4 is 10.2 Å². The van der Waals surface area contributed by atoms with Gasteiger partial charge in [0.05, 0.1) is 5.69 Å². The van der Waals surface area contributed by atoms with Crippen molar-refractivity contribution in [3.8, 4) is 0 Å². The molecule has 1 aliphatic rings. The molecule has 24 heavy (non-hydrogen) atoms. The molecule has 126 valence electrons. The van der Waals surface area contributed by atoms with Crippen molar-refractivity contribution < 1.29 is 9.18 Å². The molecule has 3 rings (SSSR count). The molecule has 1 aliphatic heterocycles. The number of rotatable bonds is 4. The lowest BCUT2D eigenvalue weighted by Crippen LogP contribution is -2.30. The van der Waals surface area contributed by atoms with Crippen LogP contribution >= 0.6 is 0 Å². The number of benzene rings is 2. The molecule has 1 saturated heterocycles. The Morgan fingerprint density at radius 2 is 1.88 bits per heavy atom. The van der Waals surface area contributed by atoms with Crippen molar-refractivity contribution in [3.05, 3.63) is 59.9 Å². The van der Waals surface area contributed by atoms with Crippen molar-refractivity contribution in [2.45, 2.75) is 19.4 Å². The molecule has 5 heteroatoms. The molecule has 4 nitrogen and oxygen atoms in total. The van der Waals surface area contributed by atoms with Crippen molar-refractivity contribution >= 4 is 17.4 Å². The zero-order valence-electron chi connectivity index (χ0n) is 13.8. The minimum absolute atomic E-state index is 0.257. The number of hydrogen-bond acceptors (Lipinski definition) is 2. The van der Waals surface area contributed by atoms with E-state index in [1.165, 1.54) is 6.07 Å². The Morgan fingerprint density at radius 1 is 1.17 bits per heavy atom. The molecule has 1 fully saturated rings. The molecule has 0 unspecified atom stereocenters. The predicted molar refractivity (Wildman–Crippen MR) is 94.8 cm³/mol. The fraction of sp³-hybridized carbons (Fsp3) is 0.316. The van der Waals surface area contributed by atoms with Gasteiger partial charge in [-0.3, -0.25) is 0 Å². The highest BCUT2D eigenvalue weighted by molar-refractivity contribution is 5.89. The van der Waals surface area contributed by atoms with E-state index < -0.39 is 0 Å². The van der Waals surface area contributed by atoms with Gasteiger partial charge in [0, 0.05) is 32.4 Å². The number of anilines is 2. The predicted octanol–water partition coefficient (Wildman–Crippen LogP) is 4.09. The average molecular weight is 327 g/mol. The summed E-state index contributed by atoms with van der Waals surface area (Å²) in [6.45, 7) is 2.28. The summed E-state index contributed by atoms with van der Waals surface area (Å²) in [7, 11) is 1.72. The van der Waals surface area contributed by atoms with Crippen molar-refractivity contribution in [2.24, 2.45) is 0 Å². The number of amides is 2. The van der Waals surface area contributed by atoms with E-state index >= 15 is 0 Å². The molecular formula is C19H22FN3O. The molecule has 0 saturated carbocycles. The molecule has 0 atom stereocenters. The summed E-state index contributed by atoms with van der Waals surface area (Å²) in [5.74, 6) is -0.291. The minimum Gasteiger partial charge on any atom is -0.369 e. The molecule has 1 N–H and O–H groups in total. The van der Waals surface area contributed by atoms with E-state index in [4.69, 9.17) is 0 Å². The molecular weight excluding hydrogens is 305 g/mol. The fourth-order valence-electron chi connectivity index (χ4n) is 2.95. The summed E-state index contributed by atoms with van der Waals surface area (Å²) in [5, 5.41) is 2.75. The van der Waals surface area contributed by atoms with Crippen molar-refractivity contribution in [3.63, 3.8) is 0 Å². The number of halogens is 1. The number of nitrogens with one attached hydrogen (secondary N) is 1. The molecule has 0 aromatic heterocycles. The van der Waals surface area contributed by atoms with E-state index in [9.17, 15) is 9.18 Å². The second-order valence-corrected chi connectivity index (χ2v) is 6.13. The van der Waals surface area contributed by atoms with Gasteiger partial charge in [-0.1, -0.05) is 30.3 Å². The molecule has 0 bridgehead atoms. The highest BCUT2D eigenvalue weighted by atomic mass is 19.1. The molecule has 0 spiro atoms. The first-order chi connectivity index (χ1) is 11.6. The van der Waals surface area contributed by atoms with E-state index in [1.54, 1.807) is 24.1 Å². The van der Waals surface area contributed by atoms with Crippen LogP contribution in [0.4, 0.5) is 20.6 Å². The summed E-state index contributed by atoms with van der Waals surface area (Å²) in [4.78, 5) is 15.9. The summed E-state index contributed by atoms with van der Waals surface area (Å²) in [5.41, 5.74) is 2.13. The molecule has 0 radical (unpaired) electrons. The highest BCUT2D eigenvalue weighted by Gasteiger charge is 2.17. The monoisotopic (exact) mass is 327 g/mol. The molecule has 2 aromatic carbocycles. The lowest BCUT2D eigenvalue weighted by atomic mass is 10.2. The first kappa shape index (κ1) is 16.3. The van der Waals surface area contributed by atoms with Crippen molar-refractivity contribution in [2.75, 3.05) is 30.4 Å². The molecule has 2 amide bonds. The topological polar surface area (TPSA) is 35.6 Å². The van der Waals surface area contributed by atoms with Gasteiger partial charge in [-0.05, 0) is 36.6 Å². The fourth-order valence-corrected chi connectivity index (χ4v) is 2.95. The van der Waals surface area contributed by atoms with Crippen LogP contribution in [0.5, 0.6) is 0 Å². The third kappa shape index (κ3) is 3.85. The number of carbonyl (C=O) groups excluding carboxylic acids is 1. The molecule has 0 aliphatic carbocycles. The van der Waals surface area contributed by atoms with E-state index in [2.05, 4.69) is 5.32 Å². The minimum atomic E-state index is -0.291. The average Bonchev–Trinajstić information content (AvgIpc) is 3.10. The second kappa shape index (κ2) is 7.34. The standard InChI is InChI=1S/C19H22FN3O/c1-22(14-15-7-3-2-4-8-15)19(24)21-16-9-10-18(17(20)13-16)23-11-5-6-12-23/h2-4,7-10,13H,5-6,11-12,14H2,1H3,(H,21,24). The molecule has 1 heterocycles. The van der Waals surface area contributed by atoms with Crippen LogP contribution in [0.25, 0.3) is 0 Å². The van der Waals surface area contributed by atoms with Crippen molar-refractivity contribution in [1.82, 2.24) is 4.90 Å². The Balaban J connectivity index is 1.62. The number of urea groups is 1. The van der Waals surface area contributed by atoms with Crippen LogP contribution in [-0.4, -0.2) is 31.1 Å². The van der Waals surface area contributed by atoms with Gasteiger partial charge in [0.25, 0.3) is 0 Å². The Hall–Kier alpha value is -2.56. The second-order valence-electron chi connectivity index (χ2n) is 6.13. The Bertz CT molecular complexity index is 699. The molecule has 2 aromatic rings. The third-order valence-corrected chi connectivity index (χ3v) is 4.25. The number of nitrogens with zero attached hydrogens (tertiary/aromatic N) is 2. The van der Waals surface area contributed by atoms with Gasteiger partial charge in [0.15, 0.2) is 0 Å². The van der Waals surface area contributed by atoms with Gasteiger partial charge < -0.3 is 15.1 Å². The van der Waals surface area contributed by atoms with E-state index in [1.807, 2.05) is 35.2 Å². The van der Waals surface area contributed by atoms with Gasteiger partial charge >= 0.3 is 6.03 Å². The van der Waals surface area contributed by atoms with Crippen LogP contribution in [0.1, 0.15) is 18.4 Å². The quantitative estimate of drug-likeness (QED) is 0.918. The smallest absolute Gasteiger partial charge is 0.321 e. The van der Waals surface area contributed by atoms with Gasteiger partial charge in [0.1, 0.15) is 5.82 Å². The Labute approximate surface area is 141 Å². The number of hydrogen-bond donors (Lipinski definition) is 1. The highest BCUT2D eigenvalue weighted by Crippen LogP contribution is 2.26. The largest absolute Gasteiger partial charge is 0.369 e. The van der Waals surface area contributed by atoms with Crippen LogP contribution in [0, 0.1) is 5.82 Å². The van der Waals surface area contributed by atoms with Gasteiger partial charge in [-0.25, -0.2) is 9.18 Å². The van der Waals surface area contributed by atoms with Gasteiger partial charge in [-0.15, -0.1) is 0 Å². The summed E-state index contributed by atoms with van der Waals surface area (Å²) in [6.07, 6.45) is 2.20. The third-order valence-electron chi connectivity index (χ3n) is 4.25. The SMILES string of the molecule is CN(Cc1ccccc1)C(=O)Nc1ccc(N2CCCC2)c(F)c1. The van der Waals surface area contributed by atoms with Crippen LogP contribution in [0.15, 0.2) is 48.5 Å². The zero-order chi connectivity index (χ0) is 16.9.